The van der Waals surface area contributed by atoms with Crippen LogP contribution in [0.5, 0.6) is 0 Å². The Balaban J connectivity index is -0.0000000253. The summed E-state index contributed by atoms with van der Waals surface area (Å²) in [5, 5.41) is 0. The van der Waals surface area contributed by atoms with Crippen molar-refractivity contribution < 1.29 is 0 Å². The van der Waals surface area contributed by atoms with E-state index < -0.39 is 0 Å². The summed E-state index contributed by atoms with van der Waals surface area (Å²) in [5.74, 6) is 0.833. The quantitative estimate of drug-likeness (QED) is 0.441. The highest BCUT2D eigenvalue weighted by molar-refractivity contribution is 4.24. The molecule has 0 radical (unpaired) electrons. The standard InChI is InChI=1S/C5H12.C4H10.C3H8.2C2H6.C2H4/c1-3-5-4-2;1-4(2)3;1-3-2;3*1-2/h3-5H2,1-2H3;4H,1-3H3;3H2,1-2H3;2*1-2H3;1-2H2. The molecule has 0 rings (SSSR count). The van der Waals surface area contributed by atoms with Crippen LogP contribution in [0.2, 0.25) is 0 Å². The van der Waals surface area contributed by atoms with Gasteiger partial charge in [0.25, 0.3) is 0 Å². The molecule has 0 saturated carbocycles. The van der Waals surface area contributed by atoms with Crippen LogP contribution in [0.3, 0.4) is 0 Å². The minimum absolute atomic E-state index is 0.833. The van der Waals surface area contributed by atoms with Crippen LogP contribution in [0, 0.1) is 5.92 Å². The van der Waals surface area contributed by atoms with Gasteiger partial charge in [-0.3, -0.25) is 0 Å². The van der Waals surface area contributed by atoms with Crippen molar-refractivity contribution in [2.24, 2.45) is 5.92 Å². The molecule has 0 aliphatic carbocycles. The molecule has 0 amide bonds. The average molecular weight is 263 g/mol. The van der Waals surface area contributed by atoms with Crippen LogP contribution in [0.15, 0.2) is 13.2 Å². The van der Waals surface area contributed by atoms with Crippen LogP contribution in [0.4, 0.5) is 0 Å². The maximum Gasteiger partial charge on any atom is -0.0500 e. The molecule has 0 fully saturated rings. The molecule has 0 heterocycles. The molecule has 0 bridgehead atoms. The molecule has 0 spiro atoms. The fourth-order valence-electron chi connectivity index (χ4n) is 0.354. The van der Waals surface area contributed by atoms with Gasteiger partial charge in [-0.05, 0) is 5.92 Å². The van der Waals surface area contributed by atoms with Crippen LogP contribution in [0.1, 0.15) is 102 Å². The van der Waals surface area contributed by atoms with Gasteiger partial charge in [0.2, 0.25) is 0 Å². The van der Waals surface area contributed by atoms with Gasteiger partial charge in [0.15, 0.2) is 0 Å². The van der Waals surface area contributed by atoms with E-state index in [4.69, 9.17) is 0 Å². The summed E-state index contributed by atoms with van der Waals surface area (Å²) in [6, 6.07) is 0. The van der Waals surface area contributed by atoms with Crippen LogP contribution in [-0.2, 0) is 0 Å². The van der Waals surface area contributed by atoms with Gasteiger partial charge in [0.1, 0.15) is 0 Å². The monoisotopic (exact) mass is 262 g/mol. The molecule has 0 unspecified atom stereocenters. The van der Waals surface area contributed by atoms with Crippen molar-refractivity contribution in [3.63, 3.8) is 0 Å². The van der Waals surface area contributed by atoms with Gasteiger partial charge in [0, 0.05) is 0 Å². The number of rotatable bonds is 2. The number of hydrogen-bond donors (Lipinski definition) is 0. The fourth-order valence-corrected chi connectivity index (χ4v) is 0.354. The van der Waals surface area contributed by atoms with Crippen molar-refractivity contribution in [1.82, 2.24) is 0 Å². The van der Waals surface area contributed by atoms with E-state index in [1.807, 2.05) is 27.7 Å². The molecule has 0 aromatic carbocycles. The smallest absolute Gasteiger partial charge is 0.0500 e. The van der Waals surface area contributed by atoms with Crippen molar-refractivity contribution in [2.75, 3.05) is 0 Å². The fraction of sp³-hybridized carbons (Fsp3) is 0.889. The number of unbranched alkanes of at least 4 members (excludes halogenated alkanes) is 2. The van der Waals surface area contributed by atoms with Crippen LogP contribution in [0.25, 0.3) is 0 Å². The van der Waals surface area contributed by atoms with Gasteiger partial charge < -0.3 is 0 Å². The first-order valence-corrected chi connectivity index (χ1v) is 8.06. The van der Waals surface area contributed by atoms with E-state index in [9.17, 15) is 0 Å². The Morgan fingerprint density at radius 1 is 0.667 bits per heavy atom. The third-order valence-electron chi connectivity index (χ3n) is 0.707. The second kappa shape index (κ2) is 91.3. The molecular weight excluding hydrogens is 216 g/mol. The van der Waals surface area contributed by atoms with Crippen molar-refractivity contribution in [3.05, 3.63) is 13.2 Å². The molecule has 0 aliphatic heterocycles. The van der Waals surface area contributed by atoms with Gasteiger partial charge >= 0.3 is 0 Å². The molecule has 0 heteroatoms. The molecule has 0 nitrogen and oxygen atoms in total. The van der Waals surface area contributed by atoms with E-state index in [0.29, 0.717) is 0 Å². The third-order valence-corrected chi connectivity index (χ3v) is 0.707. The van der Waals surface area contributed by atoms with Crippen molar-refractivity contribution in [1.29, 1.82) is 0 Å². The Kier molecular flexibility index (Phi) is 183. The molecule has 0 N–H and O–H groups in total. The van der Waals surface area contributed by atoms with Crippen LogP contribution < -0.4 is 0 Å². The molecule has 0 aromatic rings. The topological polar surface area (TPSA) is 0 Å². The minimum Gasteiger partial charge on any atom is -0.106 e. The highest BCUT2D eigenvalue weighted by Gasteiger charge is 1.68. The molecule has 118 valence electrons. The number of hydrogen-bond acceptors (Lipinski definition) is 0. The lowest BCUT2D eigenvalue weighted by Crippen LogP contribution is -1.66. The normalized spacial score (nSPS) is 6.22. The lowest BCUT2D eigenvalue weighted by molar-refractivity contribution is 0.737. The van der Waals surface area contributed by atoms with Crippen LogP contribution >= 0.6 is 0 Å². The van der Waals surface area contributed by atoms with E-state index in [1.165, 1.54) is 25.7 Å². The van der Waals surface area contributed by atoms with Gasteiger partial charge in [-0.1, -0.05) is 102 Å². The summed E-state index contributed by atoms with van der Waals surface area (Å²) < 4.78 is 0. The predicted octanol–water partition coefficient (Wildman–Crippen LogP) is 8.13. The molecule has 0 saturated heterocycles. The second-order valence-corrected chi connectivity index (χ2v) is 3.79. The second-order valence-electron chi connectivity index (χ2n) is 3.79. The molecule has 0 atom stereocenters. The van der Waals surface area contributed by atoms with Gasteiger partial charge in [0.05, 0.1) is 0 Å². The van der Waals surface area contributed by atoms with E-state index in [1.54, 1.807) is 0 Å². The first-order chi connectivity index (χ1) is 8.56. The molecule has 0 aliphatic rings. The third kappa shape index (κ3) is 1130. The summed E-state index contributed by atoms with van der Waals surface area (Å²) >= 11 is 0. The van der Waals surface area contributed by atoms with E-state index in [-0.39, 0.29) is 0 Å². The zero-order valence-corrected chi connectivity index (χ0v) is 15.8. The van der Waals surface area contributed by atoms with Crippen molar-refractivity contribution in [3.8, 4) is 0 Å². The van der Waals surface area contributed by atoms with Crippen molar-refractivity contribution >= 4 is 0 Å². The summed E-state index contributed by atoms with van der Waals surface area (Å²) in [5.41, 5.74) is 0. The van der Waals surface area contributed by atoms with E-state index in [0.717, 1.165) is 5.92 Å². The highest BCUT2D eigenvalue weighted by atomic mass is 13.7. The maximum absolute atomic E-state index is 3.00. The largest absolute Gasteiger partial charge is 0.106 e. The summed E-state index contributed by atoms with van der Waals surface area (Å²) in [4.78, 5) is 0. The first-order valence-electron chi connectivity index (χ1n) is 8.06. The lowest BCUT2D eigenvalue weighted by Gasteiger charge is -1.79. The Morgan fingerprint density at radius 2 is 0.778 bits per heavy atom. The Hall–Kier alpha value is -0.260. The summed E-state index contributed by atoms with van der Waals surface area (Å²) in [6.07, 6.45) is 5.33. The Labute approximate surface area is 121 Å². The Morgan fingerprint density at radius 3 is 0.778 bits per heavy atom. The first kappa shape index (κ1) is 36.1. The van der Waals surface area contributed by atoms with Gasteiger partial charge in [-0.2, -0.15) is 0 Å². The van der Waals surface area contributed by atoms with Gasteiger partial charge in [-0.25, -0.2) is 0 Å². The average Bonchev–Trinajstić information content (AvgIpc) is 2.38. The Bertz CT molecular complexity index is 41.2. The van der Waals surface area contributed by atoms with Crippen molar-refractivity contribution in [2.45, 2.75) is 102 Å². The predicted molar refractivity (Wildman–Crippen MR) is 95.6 cm³/mol. The molecular formula is C18H46. The van der Waals surface area contributed by atoms with E-state index >= 15 is 0 Å². The minimum atomic E-state index is 0.833. The zero-order valence-electron chi connectivity index (χ0n) is 15.8. The zero-order chi connectivity index (χ0) is 16.4. The molecule has 18 heavy (non-hydrogen) atoms. The van der Waals surface area contributed by atoms with Gasteiger partial charge in [-0.15, -0.1) is 13.2 Å². The maximum atomic E-state index is 3.00. The van der Waals surface area contributed by atoms with E-state index in [2.05, 4.69) is 61.6 Å². The summed E-state index contributed by atoms with van der Waals surface area (Å²) in [7, 11) is 0. The highest BCUT2D eigenvalue weighted by Crippen LogP contribution is 1.88. The van der Waals surface area contributed by atoms with Crippen LogP contribution in [-0.4, -0.2) is 0 Å². The summed E-state index contributed by atoms with van der Waals surface area (Å²) in [6.45, 7) is 29.2. The lowest BCUT2D eigenvalue weighted by atomic mass is 10.3. The SMILES string of the molecule is C=C.CC.CC.CC(C)C.CCC.CCCCC. The molecule has 0 aromatic heterocycles.